The van der Waals surface area contributed by atoms with Crippen LogP contribution in [0.3, 0.4) is 0 Å². The summed E-state index contributed by atoms with van der Waals surface area (Å²) in [7, 11) is 1.01. The van der Waals surface area contributed by atoms with E-state index >= 15 is 0 Å². The maximum absolute atomic E-state index is 12.1. The summed E-state index contributed by atoms with van der Waals surface area (Å²) in [4.78, 5) is 35.4. The van der Waals surface area contributed by atoms with Gasteiger partial charge in [0.25, 0.3) is 7.82 Å². The van der Waals surface area contributed by atoms with E-state index in [1.807, 2.05) is 21.1 Å². The molecule has 0 heterocycles. The molecule has 238 valence electrons. The van der Waals surface area contributed by atoms with Crippen molar-refractivity contribution in [3.63, 3.8) is 0 Å². The average molecular weight is 593 g/mol. The minimum Gasteiger partial charge on any atom is -0.756 e. The Kier molecular flexibility index (Phi) is 24.0. The lowest BCUT2D eigenvalue weighted by atomic mass is 10.0. The van der Waals surface area contributed by atoms with Crippen LogP contribution in [0.2, 0.25) is 0 Å². The van der Waals surface area contributed by atoms with Crippen LogP contribution in [-0.4, -0.2) is 68.4 Å². The summed E-state index contributed by atoms with van der Waals surface area (Å²) in [6.45, 7) is 1.93. The van der Waals surface area contributed by atoms with Crippen molar-refractivity contribution in [2.75, 3.05) is 40.9 Å². The molecule has 0 aliphatic heterocycles. The third kappa shape index (κ3) is 27.2. The normalized spacial score (nSPS) is 14.1. The van der Waals surface area contributed by atoms with Gasteiger partial charge in [0.15, 0.2) is 6.04 Å². The van der Waals surface area contributed by atoms with Crippen LogP contribution in [0.25, 0.3) is 0 Å². The van der Waals surface area contributed by atoms with Gasteiger partial charge in [-0.15, -0.1) is 0 Å². The molecule has 0 rings (SSSR count). The maximum atomic E-state index is 12.1. The van der Waals surface area contributed by atoms with Crippen LogP contribution in [0.1, 0.15) is 135 Å². The standard InChI is InChI=1S/C30H61N2O7P/c1-5-6-7-8-9-10-11-12-13-14-15-16-17-18-19-20-21-22-23-24-29(33)31-28(30(34)35)27-39-40(36,37)38-26-25-32(2,3)4/h28H,5-27H2,1-4H3,(H2-,31,33,34,35,36,37)/t28-/m0/s1. The molecule has 0 bridgehead atoms. The van der Waals surface area contributed by atoms with Gasteiger partial charge in [-0.05, 0) is 6.42 Å². The molecule has 0 saturated carbocycles. The number of nitrogens with zero attached hydrogens (tertiary/aromatic N) is 1. The fraction of sp³-hybridized carbons (Fsp3) is 0.933. The van der Waals surface area contributed by atoms with Crippen molar-refractivity contribution in [2.45, 2.75) is 141 Å². The summed E-state index contributed by atoms with van der Waals surface area (Å²) in [5, 5.41) is 11.7. The van der Waals surface area contributed by atoms with Gasteiger partial charge in [-0.2, -0.15) is 0 Å². The zero-order chi connectivity index (χ0) is 30.1. The number of amides is 1. The van der Waals surface area contributed by atoms with Crippen LogP contribution in [0, 0.1) is 0 Å². The molecule has 9 nitrogen and oxygen atoms in total. The number of carboxylic acids is 1. The molecular weight excluding hydrogens is 531 g/mol. The summed E-state index contributed by atoms with van der Waals surface area (Å²) in [6, 6.07) is -1.45. The first kappa shape index (κ1) is 39.0. The second kappa shape index (κ2) is 24.6. The van der Waals surface area contributed by atoms with Crippen molar-refractivity contribution >= 4 is 19.7 Å². The van der Waals surface area contributed by atoms with Gasteiger partial charge in [0.05, 0.1) is 27.7 Å². The Morgan fingerprint density at radius 2 is 1.15 bits per heavy atom. The summed E-state index contributed by atoms with van der Waals surface area (Å²) < 4.78 is 21.8. The first-order valence-corrected chi connectivity index (χ1v) is 17.4. The van der Waals surface area contributed by atoms with E-state index in [0.29, 0.717) is 17.4 Å². The van der Waals surface area contributed by atoms with Crippen molar-refractivity contribution in [1.29, 1.82) is 0 Å². The average Bonchev–Trinajstić information content (AvgIpc) is 2.86. The van der Waals surface area contributed by atoms with E-state index in [1.54, 1.807) is 0 Å². The summed E-state index contributed by atoms with van der Waals surface area (Å²) in [5.74, 6) is -1.78. The number of phosphoric acid groups is 1. The van der Waals surface area contributed by atoms with Crippen molar-refractivity contribution in [2.24, 2.45) is 0 Å². The summed E-state index contributed by atoms with van der Waals surface area (Å²) in [5.41, 5.74) is 0. The molecular formula is C30H61N2O7P. The maximum Gasteiger partial charge on any atom is 0.328 e. The Bertz CT molecular complexity index is 685. The predicted molar refractivity (Wildman–Crippen MR) is 160 cm³/mol. The van der Waals surface area contributed by atoms with Gasteiger partial charge in [0.1, 0.15) is 13.2 Å². The lowest BCUT2D eigenvalue weighted by Gasteiger charge is -2.28. The number of aliphatic carboxylic acids is 1. The van der Waals surface area contributed by atoms with Gasteiger partial charge >= 0.3 is 5.97 Å². The van der Waals surface area contributed by atoms with Crippen LogP contribution < -0.4 is 10.2 Å². The number of nitrogens with one attached hydrogen (secondary N) is 1. The number of carboxylic acid groups (broad SMARTS) is 1. The molecule has 0 radical (unpaired) electrons. The fourth-order valence-corrected chi connectivity index (χ4v) is 5.15. The molecule has 0 aromatic heterocycles. The van der Waals surface area contributed by atoms with Crippen LogP contribution in [0.4, 0.5) is 0 Å². The van der Waals surface area contributed by atoms with Crippen LogP contribution in [0.15, 0.2) is 0 Å². The minimum absolute atomic E-state index is 0.0756. The van der Waals surface area contributed by atoms with Crippen molar-refractivity contribution in [1.82, 2.24) is 5.32 Å². The largest absolute Gasteiger partial charge is 0.756 e. The SMILES string of the molecule is CCCCCCCCCCCCCCCCCCCCCC(=O)N[C@@H](COP(=O)([O-])OCC[N+](C)(C)C)C(=O)O. The summed E-state index contributed by atoms with van der Waals surface area (Å²) in [6.07, 6.45) is 24.4. The highest BCUT2D eigenvalue weighted by Crippen LogP contribution is 2.38. The highest BCUT2D eigenvalue weighted by Gasteiger charge is 2.23. The van der Waals surface area contributed by atoms with Crippen molar-refractivity contribution in [3.05, 3.63) is 0 Å². The second-order valence-corrected chi connectivity index (χ2v) is 13.6. The van der Waals surface area contributed by atoms with Gasteiger partial charge in [-0.25, -0.2) is 4.79 Å². The minimum atomic E-state index is -4.65. The first-order valence-electron chi connectivity index (χ1n) is 15.9. The van der Waals surface area contributed by atoms with Crippen molar-refractivity contribution in [3.8, 4) is 0 Å². The quantitative estimate of drug-likeness (QED) is 0.0570. The lowest BCUT2D eigenvalue weighted by Crippen LogP contribution is -2.44. The van der Waals surface area contributed by atoms with Crippen LogP contribution >= 0.6 is 7.82 Å². The second-order valence-electron chi connectivity index (χ2n) is 12.2. The highest BCUT2D eigenvalue weighted by atomic mass is 31.2. The van der Waals surface area contributed by atoms with Crippen molar-refractivity contribution < 1.29 is 37.7 Å². The molecule has 0 aromatic carbocycles. The Hall–Kier alpha value is -0.990. The number of hydrogen-bond donors (Lipinski definition) is 2. The third-order valence-electron chi connectivity index (χ3n) is 7.05. The van der Waals surface area contributed by atoms with Gasteiger partial charge < -0.3 is 28.8 Å². The van der Waals surface area contributed by atoms with Gasteiger partial charge in [0.2, 0.25) is 5.91 Å². The van der Waals surface area contributed by atoms with E-state index in [4.69, 9.17) is 4.52 Å². The zero-order valence-electron chi connectivity index (χ0n) is 26.1. The molecule has 0 aliphatic carbocycles. The van der Waals surface area contributed by atoms with Crippen LogP contribution in [0.5, 0.6) is 0 Å². The first-order chi connectivity index (χ1) is 19.0. The van der Waals surface area contributed by atoms with Gasteiger partial charge in [0, 0.05) is 6.42 Å². The fourth-order valence-electron chi connectivity index (χ4n) is 4.43. The molecule has 2 N–H and O–H groups in total. The molecule has 0 aliphatic rings. The Balaban J connectivity index is 3.69. The number of hydrogen-bond acceptors (Lipinski definition) is 6. The zero-order valence-corrected chi connectivity index (χ0v) is 27.0. The molecule has 1 amide bonds. The molecule has 2 atom stereocenters. The molecule has 0 aromatic rings. The number of quaternary nitrogens is 1. The molecule has 10 heteroatoms. The molecule has 0 spiro atoms. The van der Waals surface area contributed by atoms with E-state index in [1.165, 1.54) is 96.3 Å². The molecule has 40 heavy (non-hydrogen) atoms. The van der Waals surface area contributed by atoms with Crippen LogP contribution in [-0.2, 0) is 23.2 Å². The van der Waals surface area contributed by atoms with E-state index in [9.17, 15) is 24.2 Å². The third-order valence-corrected chi connectivity index (χ3v) is 8.02. The topological polar surface area (TPSA) is 125 Å². The van der Waals surface area contributed by atoms with Gasteiger partial charge in [-0.1, -0.05) is 122 Å². The highest BCUT2D eigenvalue weighted by molar-refractivity contribution is 7.45. The number of unbranched alkanes of at least 4 members (excludes halogenated alkanes) is 18. The number of phosphoric ester groups is 1. The van der Waals surface area contributed by atoms with E-state index < -0.39 is 32.3 Å². The molecule has 1 unspecified atom stereocenters. The van der Waals surface area contributed by atoms with E-state index in [0.717, 1.165) is 19.3 Å². The van der Waals surface area contributed by atoms with E-state index in [2.05, 4.69) is 16.8 Å². The lowest BCUT2D eigenvalue weighted by molar-refractivity contribution is -0.870. The monoisotopic (exact) mass is 592 g/mol. The number of likely N-dealkylation sites (N-methyl/N-ethyl adjacent to an activating group) is 1. The Morgan fingerprint density at radius 3 is 1.52 bits per heavy atom. The summed E-state index contributed by atoms with van der Waals surface area (Å²) >= 11 is 0. The number of carbonyl (C=O) groups excluding carboxylic acids is 1. The van der Waals surface area contributed by atoms with E-state index in [-0.39, 0.29) is 13.0 Å². The van der Waals surface area contributed by atoms with Gasteiger partial charge in [-0.3, -0.25) is 9.36 Å². The molecule has 0 saturated heterocycles. The predicted octanol–water partition coefficient (Wildman–Crippen LogP) is 6.59. The Morgan fingerprint density at radius 1 is 0.750 bits per heavy atom. The number of rotatable bonds is 29. The number of carbonyl (C=O) groups is 2. The molecule has 0 fully saturated rings. The Labute approximate surface area is 245 Å². The smallest absolute Gasteiger partial charge is 0.328 e.